The summed E-state index contributed by atoms with van der Waals surface area (Å²) >= 11 is 0. The van der Waals surface area contributed by atoms with E-state index in [1.165, 1.54) is 0 Å². The Morgan fingerprint density at radius 3 is 2.47 bits per heavy atom. The number of rotatable bonds is 9. The van der Waals surface area contributed by atoms with Crippen LogP contribution in [0.25, 0.3) is 0 Å². The normalized spacial score (nSPS) is 13.8. The Balaban J connectivity index is 3.64. The van der Waals surface area contributed by atoms with Gasteiger partial charge in [-0.3, -0.25) is 0 Å². The Labute approximate surface area is 92.9 Å². The van der Waals surface area contributed by atoms with Gasteiger partial charge in [0.1, 0.15) is 0 Å². The molecule has 0 amide bonds. The number of aliphatic hydroxyl groups excluding tert-OH is 2. The molecule has 0 aliphatic heterocycles. The van der Waals surface area contributed by atoms with Crippen molar-refractivity contribution in [3.63, 3.8) is 0 Å². The van der Waals surface area contributed by atoms with Gasteiger partial charge in [0, 0.05) is 19.7 Å². The van der Waals surface area contributed by atoms with E-state index in [0.29, 0.717) is 13.2 Å². The molecule has 0 spiro atoms. The smallest absolute Gasteiger partial charge is 0.0900 e. The minimum atomic E-state index is -0.439. The van der Waals surface area contributed by atoms with Crippen molar-refractivity contribution in [2.75, 3.05) is 32.8 Å². The quantitative estimate of drug-likeness (QED) is 0.592. The molecular formula is C11H25NO3. The van der Waals surface area contributed by atoms with Crippen LogP contribution in [0.5, 0.6) is 0 Å². The average molecular weight is 219 g/mol. The second-order valence-electron chi connectivity index (χ2n) is 4.01. The topological polar surface area (TPSA) is 52.9 Å². The third-order valence-electron chi connectivity index (χ3n) is 2.17. The number of hydrogen-bond acceptors (Lipinski definition) is 4. The van der Waals surface area contributed by atoms with Crippen molar-refractivity contribution >= 4 is 0 Å². The first-order chi connectivity index (χ1) is 7.10. The van der Waals surface area contributed by atoms with Crippen LogP contribution in [-0.2, 0) is 4.74 Å². The van der Waals surface area contributed by atoms with E-state index in [0.717, 1.165) is 19.5 Å². The molecule has 1 unspecified atom stereocenters. The van der Waals surface area contributed by atoms with Crippen molar-refractivity contribution in [1.82, 2.24) is 4.90 Å². The molecule has 2 N–H and O–H groups in total. The van der Waals surface area contributed by atoms with Crippen molar-refractivity contribution in [2.24, 2.45) is 0 Å². The maximum atomic E-state index is 9.67. The molecule has 0 saturated heterocycles. The summed E-state index contributed by atoms with van der Waals surface area (Å²) in [6.07, 6.45) is 0.476. The van der Waals surface area contributed by atoms with Gasteiger partial charge in [0.25, 0.3) is 0 Å². The van der Waals surface area contributed by atoms with E-state index >= 15 is 0 Å². The molecule has 0 bridgehead atoms. The highest BCUT2D eigenvalue weighted by Crippen LogP contribution is 1.97. The van der Waals surface area contributed by atoms with Crippen LogP contribution in [0.15, 0.2) is 0 Å². The lowest BCUT2D eigenvalue weighted by atomic mass is 10.3. The molecule has 15 heavy (non-hydrogen) atoms. The zero-order valence-electron chi connectivity index (χ0n) is 10.1. The van der Waals surface area contributed by atoms with Gasteiger partial charge >= 0.3 is 0 Å². The Morgan fingerprint density at radius 2 is 2.00 bits per heavy atom. The van der Waals surface area contributed by atoms with Gasteiger partial charge < -0.3 is 19.8 Å². The van der Waals surface area contributed by atoms with Crippen molar-refractivity contribution in [2.45, 2.75) is 39.4 Å². The molecule has 4 heteroatoms. The Morgan fingerprint density at radius 1 is 1.33 bits per heavy atom. The monoisotopic (exact) mass is 219 g/mol. The summed E-state index contributed by atoms with van der Waals surface area (Å²) in [5, 5.41) is 18.4. The number of nitrogens with zero attached hydrogens (tertiary/aromatic N) is 1. The molecule has 0 saturated carbocycles. The number of hydrogen-bond donors (Lipinski definition) is 2. The van der Waals surface area contributed by atoms with Gasteiger partial charge in [-0.05, 0) is 26.8 Å². The summed E-state index contributed by atoms with van der Waals surface area (Å²) in [5.74, 6) is 0. The average Bonchev–Trinajstić information content (AvgIpc) is 2.21. The minimum Gasteiger partial charge on any atom is -0.396 e. The molecule has 0 fully saturated rings. The standard InChI is InChI=1S/C11H25NO3/c1-4-12(6-5-7-13)8-11(14)9-15-10(2)3/h10-11,13-14H,4-9H2,1-3H3. The number of aliphatic hydroxyl groups is 2. The van der Waals surface area contributed by atoms with Gasteiger partial charge in [-0.2, -0.15) is 0 Å². The summed E-state index contributed by atoms with van der Waals surface area (Å²) in [5.41, 5.74) is 0. The lowest BCUT2D eigenvalue weighted by Crippen LogP contribution is -2.36. The van der Waals surface area contributed by atoms with E-state index in [4.69, 9.17) is 9.84 Å². The highest BCUT2D eigenvalue weighted by Gasteiger charge is 2.10. The van der Waals surface area contributed by atoms with Crippen LogP contribution in [0.4, 0.5) is 0 Å². The fraction of sp³-hybridized carbons (Fsp3) is 1.00. The van der Waals surface area contributed by atoms with Gasteiger partial charge in [-0.15, -0.1) is 0 Å². The highest BCUT2D eigenvalue weighted by atomic mass is 16.5. The van der Waals surface area contributed by atoms with E-state index in [9.17, 15) is 5.11 Å². The Kier molecular flexibility index (Phi) is 9.00. The largest absolute Gasteiger partial charge is 0.396 e. The lowest BCUT2D eigenvalue weighted by Gasteiger charge is -2.23. The lowest BCUT2D eigenvalue weighted by molar-refractivity contribution is -0.00836. The number of likely N-dealkylation sites (N-methyl/N-ethyl adjacent to an activating group) is 1. The molecule has 1 atom stereocenters. The van der Waals surface area contributed by atoms with Gasteiger partial charge in [-0.1, -0.05) is 6.92 Å². The highest BCUT2D eigenvalue weighted by molar-refractivity contribution is 4.63. The van der Waals surface area contributed by atoms with Gasteiger partial charge in [0.2, 0.25) is 0 Å². The maximum absolute atomic E-state index is 9.67. The molecule has 0 aromatic rings. The third-order valence-corrected chi connectivity index (χ3v) is 2.17. The summed E-state index contributed by atoms with van der Waals surface area (Å²) in [4.78, 5) is 2.12. The minimum absolute atomic E-state index is 0.159. The predicted octanol–water partition coefficient (Wildman–Crippen LogP) is 0.477. The molecule has 0 aromatic carbocycles. The molecule has 0 aliphatic carbocycles. The van der Waals surface area contributed by atoms with Crippen LogP contribution < -0.4 is 0 Å². The van der Waals surface area contributed by atoms with Crippen LogP contribution in [0, 0.1) is 0 Å². The SMILES string of the molecule is CCN(CCCO)CC(O)COC(C)C. The molecule has 0 aliphatic rings. The summed E-state index contributed by atoms with van der Waals surface area (Å²) < 4.78 is 5.33. The van der Waals surface area contributed by atoms with Crippen molar-refractivity contribution in [3.05, 3.63) is 0 Å². The molecule has 0 heterocycles. The fourth-order valence-electron chi connectivity index (χ4n) is 1.33. The first-order valence-electron chi connectivity index (χ1n) is 5.73. The maximum Gasteiger partial charge on any atom is 0.0900 e. The first-order valence-corrected chi connectivity index (χ1v) is 5.73. The molecule has 0 aromatic heterocycles. The first kappa shape index (κ1) is 14.8. The zero-order chi connectivity index (χ0) is 11.7. The second-order valence-corrected chi connectivity index (χ2v) is 4.01. The molecule has 0 radical (unpaired) electrons. The molecule has 92 valence electrons. The molecule has 0 rings (SSSR count). The third kappa shape index (κ3) is 8.81. The van der Waals surface area contributed by atoms with Crippen LogP contribution in [0.1, 0.15) is 27.2 Å². The van der Waals surface area contributed by atoms with E-state index in [1.807, 2.05) is 20.8 Å². The van der Waals surface area contributed by atoms with Crippen molar-refractivity contribution in [1.29, 1.82) is 0 Å². The summed E-state index contributed by atoms with van der Waals surface area (Å²) in [7, 11) is 0. The predicted molar refractivity (Wildman–Crippen MR) is 60.9 cm³/mol. The fourth-order valence-corrected chi connectivity index (χ4v) is 1.33. The Hall–Kier alpha value is -0.160. The van der Waals surface area contributed by atoms with Crippen molar-refractivity contribution in [3.8, 4) is 0 Å². The van der Waals surface area contributed by atoms with E-state index < -0.39 is 6.10 Å². The second kappa shape index (κ2) is 9.09. The van der Waals surface area contributed by atoms with Gasteiger partial charge in [0.15, 0.2) is 0 Å². The molecular weight excluding hydrogens is 194 g/mol. The van der Waals surface area contributed by atoms with E-state index in [2.05, 4.69) is 4.90 Å². The summed E-state index contributed by atoms with van der Waals surface area (Å²) in [6.45, 7) is 8.87. The van der Waals surface area contributed by atoms with Crippen LogP contribution in [-0.4, -0.2) is 60.2 Å². The molecule has 4 nitrogen and oxygen atoms in total. The van der Waals surface area contributed by atoms with Gasteiger partial charge in [-0.25, -0.2) is 0 Å². The Bertz CT molecular complexity index is 142. The van der Waals surface area contributed by atoms with E-state index in [-0.39, 0.29) is 12.7 Å². The van der Waals surface area contributed by atoms with Crippen LogP contribution in [0.3, 0.4) is 0 Å². The van der Waals surface area contributed by atoms with E-state index in [1.54, 1.807) is 0 Å². The van der Waals surface area contributed by atoms with Crippen LogP contribution in [0.2, 0.25) is 0 Å². The summed E-state index contributed by atoms with van der Waals surface area (Å²) in [6, 6.07) is 0. The van der Waals surface area contributed by atoms with Gasteiger partial charge in [0.05, 0.1) is 18.8 Å². The number of ether oxygens (including phenoxy) is 1. The van der Waals surface area contributed by atoms with Crippen molar-refractivity contribution < 1.29 is 14.9 Å². The van der Waals surface area contributed by atoms with Crippen LogP contribution >= 0.6 is 0 Å². The zero-order valence-corrected chi connectivity index (χ0v) is 10.1.